The van der Waals surface area contributed by atoms with Gasteiger partial charge >= 0.3 is 0 Å². The van der Waals surface area contributed by atoms with E-state index in [2.05, 4.69) is 9.88 Å². The van der Waals surface area contributed by atoms with Gasteiger partial charge in [0.25, 0.3) is 5.91 Å². The Bertz CT molecular complexity index is 666. The molecule has 1 spiro atoms. The van der Waals surface area contributed by atoms with Crippen LogP contribution in [0.1, 0.15) is 36.0 Å². The van der Waals surface area contributed by atoms with E-state index in [-0.39, 0.29) is 22.9 Å². The summed E-state index contributed by atoms with van der Waals surface area (Å²) in [6.45, 7) is 2.53. The van der Waals surface area contributed by atoms with Gasteiger partial charge in [0.15, 0.2) is 5.82 Å². The molecule has 2 fully saturated rings. The topological polar surface area (TPSA) is 56.8 Å². The Morgan fingerprint density at radius 2 is 2.20 bits per heavy atom. The number of carbonyl (C=O) groups is 2. The van der Waals surface area contributed by atoms with Crippen molar-refractivity contribution in [3.05, 3.63) is 29.8 Å². The molecule has 1 aromatic rings. The number of nitrogens with zero attached hydrogens (tertiary/aromatic N) is 4. The number of carbonyl (C=O) groups excluding carboxylic acids is 2. The molecule has 7 heteroatoms. The Hall–Kier alpha value is -2.02. The summed E-state index contributed by atoms with van der Waals surface area (Å²) in [5.74, 6) is -0.754. The number of piperidine rings is 1. The molecular formula is C18H25FN4O2. The highest BCUT2D eigenvalue weighted by Crippen LogP contribution is 2.38. The van der Waals surface area contributed by atoms with Crippen LogP contribution in [0.15, 0.2) is 18.5 Å². The summed E-state index contributed by atoms with van der Waals surface area (Å²) in [4.78, 5) is 34.6. The minimum atomic E-state index is -0.598. The Balaban J connectivity index is 1.78. The maximum Gasteiger partial charge on any atom is 0.257 e. The van der Waals surface area contributed by atoms with Gasteiger partial charge in [-0.3, -0.25) is 14.6 Å². The summed E-state index contributed by atoms with van der Waals surface area (Å²) in [5, 5.41) is 0. The van der Waals surface area contributed by atoms with E-state index in [1.807, 2.05) is 19.0 Å². The fraction of sp³-hybridized carbons (Fsp3) is 0.611. The summed E-state index contributed by atoms with van der Waals surface area (Å²) >= 11 is 0. The first-order chi connectivity index (χ1) is 11.9. The highest BCUT2D eigenvalue weighted by atomic mass is 19.1. The van der Waals surface area contributed by atoms with Crippen LogP contribution in [0.3, 0.4) is 0 Å². The van der Waals surface area contributed by atoms with Crippen molar-refractivity contribution in [1.82, 2.24) is 19.7 Å². The van der Waals surface area contributed by atoms with Crippen molar-refractivity contribution in [2.75, 3.05) is 40.3 Å². The van der Waals surface area contributed by atoms with Crippen molar-refractivity contribution in [2.45, 2.75) is 31.2 Å². The second kappa shape index (κ2) is 7.07. The number of amides is 2. The number of halogens is 1. The highest BCUT2D eigenvalue weighted by Gasteiger charge is 2.48. The number of aromatic nitrogens is 1. The van der Waals surface area contributed by atoms with Crippen LogP contribution >= 0.6 is 0 Å². The van der Waals surface area contributed by atoms with Gasteiger partial charge in [0, 0.05) is 38.8 Å². The van der Waals surface area contributed by atoms with E-state index >= 15 is 0 Å². The van der Waals surface area contributed by atoms with Gasteiger partial charge in [-0.15, -0.1) is 0 Å². The predicted molar refractivity (Wildman–Crippen MR) is 91.6 cm³/mol. The molecule has 1 atom stereocenters. The molecule has 1 aromatic heterocycles. The van der Waals surface area contributed by atoms with Gasteiger partial charge in [-0.05, 0) is 39.4 Å². The normalized spacial score (nSPS) is 23.8. The molecule has 136 valence electrons. The molecule has 0 aliphatic carbocycles. The molecule has 3 heterocycles. The van der Waals surface area contributed by atoms with E-state index in [1.54, 1.807) is 4.90 Å². The van der Waals surface area contributed by atoms with E-state index in [0.717, 1.165) is 32.0 Å². The molecule has 3 rings (SSSR count). The summed E-state index contributed by atoms with van der Waals surface area (Å²) in [7, 11) is 3.96. The number of likely N-dealkylation sites (tertiary alicyclic amines) is 2. The second-order valence-corrected chi connectivity index (χ2v) is 7.26. The van der Waals surface area contributed by atoms with Crippen LogP contribution in [0.2, 0.25) is 0 Å². The van der Waals surface area contributed by atoms with Crippen LogP contribution < -0.4 is 0 Å². The molecule has 0 saturated carbocycles. The van der Waals surface area contributed by atoms with Crippen molar-refractivity contribution in [3.63, 3.8) is 0 Å². The van der Waals surface area contributed by atoms with Gasteiger partial charge in [0.1, 0.15) is 0 Å². The quantitative estimate of drug-likeness (QED) is 0.825. The lowest BCUT2D eigenvalue weighted by molar-refractivity contribution is -0.132. The van der Waals surface area contributed by atoms with Gasteiger partial charge < -0.3 is 14.7 Å². The number of pyridine rings is 1. The molecule has 0 aromatic carbocycles. The third-order valence-electron chi connectivity index (χ3n) is 5.29. The Morgan fingerprint density at radius 1 is 1.40 bits per heavy atom. The first-order valence-corrected chi connectivity index (χ1v) is 8.77. The number of hydrogen-bond donors (Lipinski definition) is 0. The molecule has 0 bridgehead atoms. The lowest BCUT2D eigenvalue weighted by Gasteiger charge is -2.46. The molecule has 2 aliphatic heterocycles. The average molecular weight is 348 g/mol. The van der Waals surface area contributed by atoms with Crippen LogP contribution in [0, 0.1) is 5.82 Å². The van der Waals surface area contributed by atoms with Crippen LogP contribution in [0.4, 0.5) is 4.39 Å². The van der Waals surface area contributed by atoms with E-state index in [0.29, 0.717) is 26.1 Å². The SMILES string of the molecule is CN(C)CCN1C(=O)CCC12CCCN(C(=O)c1ccncc1F)C2. The first kappa shape index (κ1) is 17.8. The largest absolute Gasteiger partial charge is 0.336 e. The molecule has 25 heavy (non-hydrogen) atoms. The molecule has 0 radical (unpaired) electrons. The zero-order valence-electron chi connectivity index (χ0n) is 14.9. The fourth-order valence-electron chi connectivity index (χ4n) is 3.96. The minimum Gasteiger partial charge on any atom is -0.336 e. The number of rotatable bonds is 4. The van der Waals surface area contributed by atoms with Crippen molar-refractivity contribution in [2.24, 2.45) is 0 Å². The van der Waals surface area contributed by atoms with Gasteiger partial charge in [-0.1, -0.05) is 0 Å². The average Bonchev–Trinajstić information content (AvgIpc) is 2.88. The van der Waals surface area contributed by atoms with Gasteiger partial charge in [0.2, 0.25) is 5.91 Å². The summed E-state index contributed by atoms with van der Waals surface area (Å²) in [6, 6.07) is 1.42. The van der Waals surface area contributed by atoms with E-state index in [4.69, 9.17) is 0 Å². The van der Waals surface area contributed by atoms with Crippen molar-refractivity contribution >= 4 is 11.8 Å². The molecule has 1 unspecified atom stereocenters. The zero-order valence-corrected chi connectivity index (χ0v) is 14.9. The van der Waals surface area contributed by atoms with Gasteiger partial charge in [0.05, 0.1) is 17.3 Å². The first-order valence-electron chi connectivity index (χ1n) is 8.77. The molecule has 2 aliphatic rings. The van der Waals surface area contributed by atoms with Crippen molar-refractivity contribution < 1.29 is 14.0 Å². The third kappa shape index (κ3) is 3.51. The van der Waals surface area contributed by atoms with Crippen LogP contribution in [-0.2, 0) is 4.79 Å². The van der Waals surface area contributed by atoms with E-state index in [9.17, 15) is 14.0 Å². The third-order valence-corrected chi connectivity index (χ3v) is 5.29. The maximum absolute atomic E-state index is 13.9. The van der Waals surface area contributed by atoms with Crippen LogP contribution in [0.5, 0.6) is 0 Å². The zero-order chi connectivity index (χ0) is 18.0. The molecule has 0 N–H and O–H groups in total. The van der Waals surface area contributed by atoms with Crippen LogP contribution in [-0.4, -0.2) is 77.3 Å². The van der Waals surface area contributed by atoms with Crippen molar-refractivity contribution in [1.29, 1.82) is 0 Å². The second-order valence-electron chi connectivity index (χ2n) is 7.26. The fourth-order valence-corrected chi connectivity index (χ4v) is 3.96. The Labute approximate surface area is 147 Å². The predicted octanol–water partition coefficient (Wildman–Crippen LogP) is 1.38. The molecule has 2 saturated heterocycles. The minimum absolute atomic E-state index is 0.0521. The summed E-state index contributed by atoms with van der Waals surface area (Å²) in [6.07, 6.45) is 5.51. The standard InChI is InChI=1S/C18H25FN4O2/c1-21(2)10-11-23-16(24)4-7-18(23)6-3-9-22(13-18)17(25)14-5-8-20-12-15(14)19/h5,8,12H,3-4,6-7,9-11,13H2,1-2H3. The summed E-state index contributed by atoms with van der Waals surface area (Å²) in [5.41, 5.74) is -0.249. The number of hydrogen-bond acceptors (Lipinski definition) is 4. The van der Waals surface area contributed by atoms with E-state index < -0.39 is 5.82 Å². The smallest absolute Gasteiger partial charge is 0.257 e. The lowest BCUT2D eigenvalue weighted by atomic mass is 9.86. The Morgan fingerprint density at radius 3 is 2.92 bits per heavy atom. The van der Waals surface area contributed by atoms with E-state index in [1.165, 1.54) is 12.3 Å². The lowest BCUT2D eigenvalue weighted by Crippen LogP contribution is -2.58. The van der Waals surface area contributed by atoms with Gasteiger partial charge in [-0.25, -0.2) is 4.39 Å². The molecular weight excluding hydrogens is 323 g/mol. The Kier molecular flexibility index (Phi) is 5.03. The highest BCUT2D eigenvalue weighted by molar-refractivity contribution is 5.94. The molecule has 2 amide bonds. The van der Waals surface area contributed by atoms with Crippen molar-refractivity contribution in [3.8, 4) is 0 Å². The summed E-state index contributed by atoms with van der Waals surface area (Å²) < 4.78 is 13.9. The monoisotopic (exact) mass is 348 g/mol. The number of likely N-dealkylation sites (N-methyl/N-ethyl adjacent to an activating group) is 1. The molecule has 6 nitrogen and oxygen atoms in total. The van der Waals surface area contributed by atoms with Crippen LogP contribution in [0.25, 0.3) is 0 Å². The van der Waals surface area contributed by atoms with Gasteiger partial charge in [-0.2, -0.15) is 0 Å². The maximum atomic E-state index is 13.9.